The molecule has 0 amide bonds. The zero-order chi connectivity index (χ0) is 25.7. The molecular weight excluding hydrogens is 506 g/mol. The number of nitrogens with two attached hydrogens (primary N) is 1. The number of fused-ring (bicyclic) bond motifs is 1. The Balaban J connectivity index is 1.30. The number of nitrogen functional groups attached to an aromatic ring is 1. The van der Waals surface area contributed by atoms with Gasteiger partial charge in [0.1, 0.15) is 12.4 Å². The second-order valence-electron chi connectivity index (χ2n) is 7.93. The number of benzene rings is 3. The van der Waals surface area contributed by atoms with Crippen LogP contribution in [0.1, 0.15) is 11.7 Å². The molecule has 0 aliphatic carbocycles. The normalized spacial score (nSPS) is 12.4. The first-order valence-corrected chi connectivity index (χ1v) is 12.8. The first kappa shape index (κ1) is 25.6. The van der Waals surface area contributed by atoms with Gasteiger partial charge in [-0.3, -0.25) is 9.82 Å². The average molecular weight is 532 g/mol. The Morgan fingerprint density at radius 1 is 1.17 bits per heavy atom. The van der Waals surface area contributed by atoms with Crippen molar-refractivity contribution < 1.29 is 23.0 Å². The number of aliphatic hydroxyl groups is 1. The molecule has 1 atom stereocenters. The van der Waals surface area contributed by atoms with Crippen LogP contribution >= 0.6 is 11.6 Å². The van der Waals surface area contributed by atoms with Gasteiger partial charge in [-0.05, 0) is 48.0 Å². The van der Waals surface area contributed by atoms with Crippen molar-refractivity contribution in [1.82, 2.24) is 15.5 Å². The maximum atomic E-state index is 12.7. The molecular formula is C24H26ClN5O5S. The lowest BCUT2D eigenvalue weighted by Crippen LogP contribution is -2.26. The number of nitrogens with one attached hydrogen (secondary N) is 3. The molecule has 1 aromatic heterocycles. The predicted octanol–water partition coefficient (Wildman–Crippen LogP) is 3.31. The lowest BCUT2D eigenvalue weighted by atomic mass is 10.1. The summed E-state index contributed by atoms with van der Waals surface area (Å²) < 4.78 is 38.8. The highest BCUT2D eigenvalue weighted by Gasteiger charge is 2.18. The molecule has 3 aromatic carbocycles. The van der Waals surface area contributed by atoms with Gasteiger partial charge in [0.05, 0.1) is 39.7 Å². The van der Waals surface area contributed by atoms with Crippen LogP contribution in [-0.4, -0.2) is 50.5 Å². The molecule has 0 aliphatic rings. The second-order valence-corrected chi connectivity index (χ2v) is 10.0. The fourth-order valence-electron chi connectivity index (χ4n) is 3.53. The number of rotatable bonds is 11. The minimum Gasteiger partial charge on any atom is -0.492 e. The standard InChI is InChI=1S/C24H26ClN5O5S/c1-34-24-19-7-6-17(13-21(19)28-29-24)35-10-9-27-14-23(31)15-5-8-20(25)22(11-15)30-36(32,33)18-4-2-3-16(26)12-18/h2-8,11-13,23,27,30-31H,9-10,14,26H2,1H3,(H,28,29)/t23-/m0/s1. The van der Waals surface area contributed by atoms with Crippen molar-refractivity contribution in [2.45, 2.75) is 11.0 Å². The van der Waals surface area contributed by atoms with Crippen LogP contribution in [0.4, 0.5) is 11.4 Å². The largest absolute Gasteiger partial charge is 0.492 e. The number of hydrogen-bond donors (Lipinski definition) is 5. The van der Waals surface area contributed by atoms with Gasteiger partial charge in [0.25, 0.3) is 10.0 Å². The van der Waals surface area contributed by atoms with Crippen LogP contribution in [-0.2, 0) is 10.0 Å². The van der Waals surface area contributed by atoms with Crippen LogP contribution in [0.5, 0.6) is 11.6 Å². The Morgan fingerprint density at radius 3 is 2.78 bits per heavy atom. The van der Waals surface area contributed by atoms with Crippen LogP contribution in [0, 0.1) is 0 Å². The molecule has 190 valence electrons. The lowest BCUT2D eigenvalue weighted by Gasteiger charge is -2.16. The number of aromatic amines is 1. The lowest BCUT2D eigenvalue weighted by molar-refractivity contribution is 0.172. The van der Waals surface area contributed by atoms with Crippen molar-refractivity contribution in [2.75, 3.05) is 37.3 Å². The maximum absolute atomic E-state index is 12.7. The SMILES string of the molecule is COc1n[nH]c2cc(OCCNC[C@H](O)c3ccc(Cl)c(NS(=O)(=O)c4cccc(N)c4)c3)ccc12. The average Bonchev–Trinajstić information content (AvgIpc) is 3.27. The second kappa shape index (κ2) is 11.0. The molecule has 0 unspecified atom stereocenters. The van der Waals surface area contributed by atoms with Crippen molar-refractivity contribution in [3.8, 4) is 11.6 Å². The van der Waals surface area contributed by atoms with E-state index in [2.05, 4.69) is 20.2 Å². The molecule has 1 heterocycles. The van der Waals surface area contributed by atoms with E-state index in [1.165, 1.54) is 24.3 Å². The third-order valence-corrected chi connectivity index (χ3v) is 7.06. The van der Waals surface area contributed by atoms with E-state index in [1.807, 2.05) is 18.2 Å². The number of halogens is 1. The van der Waals surface area contributed by atoms with E-state index in [-0.39, 0.29) is 22.2 Å². The van der Waals surface area contributed by atoms with Gasteiger partial charge in [-0.1, -0.05) is 23.7 Å². The van der Waals surface area contributed by atoms with Crippen LogP contribution in [0.15, 0.2) is 65.6 Å². The highest BCUT2D eigenvalue weighted by molar-refractivity contribution is 7.92. The Kier molecular flexibility index (Phi) is 7.85. The van der Waals surface area contributed by atoms with Crippen LogP contribution in [0.3, 0.4) is 0 Å². The fourth-order valence-corrected chi connectivity index (χ4v) is 4.88. The van der Waals surface area contributed by atoms with E-state index in [4.69, 9.17) is 26.8 Å². The van der Waals surface area contributed by atoms with Gasteiger partial charge >= 0.3 is 0 Å². The third kappa shape index (κ3) is 6.00. The number of hydrogen-bond acceptors (Lipinski definition) is 8. The van der Waals surface area contributed by atoms with E-state index in [1.54, 1.807) is 25.3 Å². The summed E-state index contributed by atoms with van der Waals surface area (Å²) in [6.07, 6.45) is -0.897. The van der Waals surface area contributed by atoms with Crippen LogP contribution in [0.25, 0.3) is 10.9 Å². The highest BCUT2D eigenvalue weighted by Crippen LogP contribution is 2.29. The zero-order valence-electron chi connectivity index (χ0n) is 19.4. The molecule has 10 nitrogen and oxygen atoms in total. The van der Waals surface area contributed by atoms with E-state index in [9.17, 15) is 13.5 Å². The van der Waals surface area contributed by atoms with Gasteiger partial charge in [-0.15, -0.1) is 5.10 Å². The van der Waals surface area contributed by atoms with E-state index < -0.39 is 16.1 Å². The third-order valence-electron chi connectivity index (χ3n) is 5.37. The summed E-state index contributed by atoms with van der Waals surface area (Å²) >= 11 is 6.20. The Labute approximate surface area is 213 Å². The van der Waals surface area contributed by atoms with Gasteiger partial charge in [0.2, 0.25) is 5.88 Å². The summed E-state index contributed by atoms with van der Waals surface area (Å²) in [5.74, 6) is 1.20. The molecule has 36 heavy (non-hydrogen) atoms. The van der Waals surface area contributed by atoms with Crippen molar-refractivity contribution >= 4 is 43.9 Å². The van der Waals surface area contributed by atoms with Crippen molar-refractivity contribution in [3.63, 3.8) is 0 Å². The maximum Gasteiger partial charge on any atom is 0.262 e. The minimum atomic E-state index is -3.91. The topological polar surface area (TPSA) is 152 Å². The Hall–Kier alpha value is -3.51. The monoisotopic (exact) mass is 531 g/mol. The molecule has 12 heteroatoms. The van der Waals surface area contributed by atoms with Gasteiger partial charge in [-0.2, -0.15) is 0 Å². The number of anilines is 2. The molecule has 0 fully saturated rings. The first-order chi connectivity index (χ1) is 17.3. The van der Waals surface area contributed by atoms with Crippen LogP contribution < -0.4 is 25.2 Å². The Morgan fingerprint density at radius 2 is 2.00 bits per heavy atom. The van der Waals surface area contributed by atoms with E-state index >= 15 is 0 Å². The molecule has 6 N–H and O–H groups in total. The Bertz CT molecular complexity index is 1460. The predicted molar refractivity (Wildman–Crippen MR) is 139 cm³/mol. The summed E-state index contributed by atoms with van der Waals surface area (Å²) in [4.78, 5) is 0.0111. The smallest absolute Gasteiger partial charge is 0.262 e. The molecule has 4 aromatic rings. The molecule has 0 spiro atoms. The van der Waals surface area contributed by atoms with Crippen LogP contribution in [0.2, 0.25) is 5.02 Å². The number of methoxy groups -OCH3 is 1. The molecule has 0 saturated heterocycles. The molecule has 0 radical (unpaired) electrons. The quantitative estimate of drug-likeness (QED) is 0.146. The molecule has 0 bridgehead atoms. The summed E-state index contributed by atoms with van der Waals surface area (Å²) in [6, 6.07) is 16.1. The number of H-pyrrole nitrogens is 1. The van der Waals surface area contributed by atoms with E-state index in [0.29, 0.717) is 36.0 Å². The van der Waals surface area contributed by atoms with Crippen molar-refractivity contribution in [1.29, 1.82) is 0 Å². The minimum absolute atomic E-state index is 0.0111. The molecule has 0 aliphatic heterocycles. The van der Waals surface area contributed by atoms with E-state index in [0.717, 1.165) is 10.9 Å². The first-order valence-electron chi connectivity index (χ1n) is 11.0. The highest BCUT2D eigenvalue weighted by atomic mass is 35.5. The van der Waals surface area contributed by atoms with Gasteiger partial charge in [0.15, 0.2) is 0 Å². The summed E-state index contributed by atoms with van der Waals surface area (Å²) in [7, 11) is -2.35. The molecule has 4 rings (SSSR count). The number of sulfonamides is 1. The van der Waals surface area contributed by atoms with Crippen molar-refractivity contribution in [3.05, 3.63) is 71.2 Å². The fraction of sp³-hybridized carbons (Fsp3) is 0.208. The van der Waals surface area contributed by atoms with Gasteiger partial charge in [0, 0.05) is 24.8 Å². The summed E-state index contributed by atoms with van der Waals surface area (Å²) in [5, 5.41) is 21.7. The summed E-state index contributed by atoms with van der Waals surface area (Å²) in [6.45, 7) is 1.07. The summed E-state index contributed by atoms with van der Waals surface area (Å²) in [5.41, 5.74) is 7.48. The number of aliphatic hydroxyl groups excluding tert-OH is 1. The molecule has 0 saturated carbocycles. The zero-order valence-corrected chi connectivity index (χ0v) is 20.9. The number of ether oxygens (including phenoxy) is 2. The van der Waals surface area contributed by atoms with Gasteiger partial charge < -0.3 is 25.6 Å². The van der Waals surface area contributed by atoms with Crippen molar-refractivity contribution in [2.24, 2.45) is 0 Å². The van der Waals surface area contributed by atoms with Gasteiger partial charge in [-0.25, -0.2) is 8.42 Å². The number of aromatic nitrogens is 2. The number of nitrogens with zero attached hydrogens (tertiary/aromatic N) is 1.